The molecule has 0 N–H and O–H groups in total. The van der Waals surface area contributed by atoms with Crippen LogP contribution in [-0.4, -0.2) is 40.1 Å². The van der Waals surface area contributed by atoms with E-state index in [1.807, 2.05) is 47.6 Å². The van der Waals surface area contributed by atoms with Gasteiger partial charge in [0.1, 0.15) is 13.2 Å². The average Bonchev–Trinajstić information content (AvgIpc) is 3.39. The zero-order valence-electron chi connectivity index (χ0n) is 15.7. The molecule has 1 amide bonds. The molecule has 0 spiro atoms. The first kappa shape index (κ1) is 17.1. The molecule has 0 saturated carbocycles. The van der Waals surface area contributed by atoms with Crippen LogP contribution in [0.2, 0.25) is 0 Å². The molecule has 1 atom stereocenters. The summed E-state index contributed by atoms with van der Waals surface area (Å²) in [4.78, 5) is 19.4. The number of amides is 1. The van der Waals surface area contributed by atoms with Crippen molar-refractivity contribution in [2.75, 3.05) is 19.8 Å². The lowest BCUT2D eigenvalue weighted by atomic mass is 10.0. The van der Waals surface area contributed by atoms with Crippen molar-refractivity contribution in [3.63, 3.8) is 0 Å². The van der Waals surface area contributed by atoms with Crippen LogP contribution in [0.25, 0.3) is 11.0 Å². The lowest BCUT2D eigenvalue weighted by Gasteiger charge is -2.27. The number of carbonyl (C=O) groups excluding carboxylic acids is 1. The van der Waals surface area contributed by atoms with Gasteiger partial charge in [0.05, 0.1) is 23.4 Å². The molecular weight excluding hydrogens is 354 g/mol. The average molecular weight is 377 g/mol. The number of rotatable bonds is 4. The van der Waals surface area contributed by atoms with E-state index in [9.17, 15) is 4.79 Å². The second kappa shape index (κ2) is 7.19. The van der Waals surface area contributed by atoms with Crippen molar-refractivity contribution in [2.24, 2.45) is 0 Å². The van der Waals surface area contributed by atoms with Crippen LogP contribution in [0.4, 0.5) is 0 Å². The van der Waals surface area contributed by atoms with Crippen molar-refractivity contribution < 1.29 is 14.3 Å². The van der Waals surface area contributed by atoms with Crippen LogP contribution in [-0.2, 0) is 11.3 Å². The Morgan fingerprint density at radius 2 is 1.96 bits per heavy atom. The quantitative estimate of drug-likeness (QED) is 0.698. The molecular formula is C22H23N3O3. The number of imidazole rings is 1. The first-order chi connectivity index (χ1) is 13.8. The van der Waals surface area contributed by atoms with Crippen molar-refractivity contribution in [2.45, 2.75) is 31.8 Å². The topological polar surface area (TPSA) is 56.6 Å². The third-order valence-electron chi connectivity index (χ3n) is 5.62. The van der Waals surface area contributed by atoms with Gasteiger partial charge in [-0.1, -0.05) is 18.2 Å². The maximum atomic E-state index is 13.0. The molecule has 2 aliphatic heterocycles. The summed E-state index contributed by atoms with van der Waals surface area (Å²) in [5.41, 5.74) is 3.16. The Kier molecular flexibility index (Phi) is 4.39. The van der Waals surface area contributed by atoms with Crippen molar-refractivity contribution in [1.29, 1.82) is 0 Å². The minimum absolute atomic E-state index is 0.114. The summed E-state index contributed by atoms with van der Waals surface area (Å²) < 4.78 is 13.4. The highest BCUT2D eigenvalue weighted by Gasteiger charge is 2.30. The highest BCUT2D eigenvalue weighted by Crippen LogP contribution is 2.38. The summed E-state index contributed by atoms with van der Waals surface area (Å²) in [5, 5.41) is 0. The number of benzene rings is 2. The van der Waals surface area contributed by atoms with Gasteiger partial charge in [-0.3, -0.25) is 4.79 Å². The van der Waals surface area contributed by atoms with Crippen LogP contribution >= 0.6 is 0 Å². The minimum atomic E-state index is 0.114. The second-order valence-electron chi connectivity index (χ2n) is 7.32. The zero-order valence-corrected chi connectivity index (χ0v) is 15.7. The molecule has 1 aromatic heterocycles. The van der Waals surface area contributed by atoms with Gasteiger partial charge in [-0.05, 0) is 42.7 Å². The van der Waals surface area contributed by atoms with Crippen molar-refractivity contribution in [3.05, 3.63) is 54.4 Å². The first-order valence-corrected chi connectivity index (χ1v) is 9.88. The van der Waals surface area contributed by atoms with E-state index >= 15 is 0 Å². The summed E-state index contributed by atoms with van der Waals surface area (Å²) in [6.45, 7) is 2.61. The van der Waals surface area contributed by atoms with Crippen molar-refractivity contribution in [1.82, 2.24) is 14.5 Å². The Hall–Kier alpha value is -3.02. The van der Waals surface area contributed by atoms with Crippen LogP contribution in [0.1, 0.15) is 30.9 Å². The van der Waals surface area contributed by atoms with E-state index in [1.165, 1.54) is 0 Å². The van der Waals surface area contributed by atoms with E-state index in [1.54, 1.807) is 0 Å². The number of hydrogen-bond acceptors (Lipinski definition) is 4. The fourth-order valence-electron chi connectivity index (χ4n) is 4.23. The molecule has 0 unspecified atom stereocenters. The number of nitrogens with zero attached hydrogens (tertiary/aromatic N) is 3. The Bertz CT molecular complexity index is 1010. The van der Waals surface area contributed by atoms with Crippen molar-refractivity contribution in [3.8, 4) is 11.5 Å². The molecule has 0 radical (unpaired) electrons. The zero-order chi connectivity index (χ0) is 18.9. The van der Waals surface area contributed by atoms with Crippen LogP contribution in [0.5, 0.6) is 11.5 Å². The van der Waals surface area contributed by atoms with Crippen LogP contribution in [0.15, 0.2) is 48.8 Å². The Morgan fingerprint density at radius 3 is 2.89 bits per heavy atom. The summed E-state index contributed by atoms with van der Waals surface area (Å²) in [7, 11) is 0. The standard InChI is InChI=1S/C22H23N3O3/c26-22(9-11-24-15-23-17-4-1-2-5-19(17)24)25-10-3-6-18(25)16-7-8-20-21(14-16)28-13-12-27-20/h1-2,4-5,7-8,14-15,18H,3,6,9-13H2/t18-/m1/s1. The van der Waals surface area contributed by atoms with Gasteiger partial charge in [0.2, 0.25) is 5.91 Å². The highest BCUT2D eigenvalue weighted by atomic mass is 16.6. The monoisotopic (exact) mass is 377 g/mol. The normalized spacial score (nSPS) is 18.6. The Labute approximate surface area is 163 Å². The van der Waals surface area contributed by atoms with Crippen LogP contribution in [0.3, 0.4) is 0 Å². The van der Waals surface area contributed by atoms with Gasteiger partial charge in [0.15, 0.2) is 11.5 Å². The van der Waals surface area contributed by atoms with Gasteiger partial charge in [-0.15, -0.1) is 0 Å². The number of para-hydroxylation sites is 2. The number of carbonyl (C=O) groups is 1. The van der Waals surface area contributed by atoms with Crippen LogP contribution < -0.4 is 9.47 Å². The third kappa shape index (κ3) is 3.09. The molecule has 3 heterocycles. The lowest BCUT2D eigenvalue weighted by molar-refractivity contribution is -0.132. The molecule has 1 saturated heterocycles. The van der Waals surface area contributed by atoms with E-state index in [0.29, 0.717) is 26.2 Å². The Morgan fingerprint density at radius 1 is 1.11 bits per heavy atom. The molecule has 2 aromatic carbocycles. The van der Waals surface area contributed by atoms with E-state index in [0.717, 1.165) is 47.5 Å². The number of fused-ring (bicyclic) bond motifs is 2. The van der Waals surface area contributed by atoms with Crippen LogP contribution in [0, 0.1) is 0 Å². The number of aryl methyl sites for hydroxylation is 1. The molecule has 1 fully saturated rings. The predicted molar refractivity (Wildman–Crippen MR) is 105 cm³/mol. The molecule has 5 rings (SSSR count). The summed E-state index contributed by atoms with van der Waals surface area (Å²) in [6, 6.07) is 14.2. The maximum absolute atomic E-state index is 13.0. The minimum Gasteiger partial charge on any atom is -0.486 e. The summed E-state index contributed by atoms with van der Waals surface area (Å²) in [5.74, 6) is 1.76. The molecule has 6 nitrogen and oxygen atoms in total. The summed E-state index contributed by atoms with van der Waals surface area (Å²) >= 11 is 0. The van der Waals surface area contributed by atoms with Gasteiger partial charge in [0, 0.05) is 19.5 Å². The van der Waals surface area contributed by atoms with Crippen molar-refractivity contribution >= 4 is 16.9 Å². The molecule has 2 aliphatic rings. The van der Waals surface area contributed by atoms with E-state index in [2.05, 4.69) is 15.6 Å². The third-order valence-corrected chi connectivity index (χ3v) is 5.62. The van der Waals surface area contributed by atoms with E-state index in [4.69, 9.17) is 9.47 Å². The number of hydrogen-bond donors (Lipinski definition) is 0. The van der Waals surface area contributed by atoms with Gasteiger partial charge >= 0.3 is 0 Å². The lowest BCUT2D eigenvalue weighted by Crippen LogP contribution is -2.31. The highest BCUT2D eigenvalue weighted by molar-refractivity contribution is 5.78. The van der Waals surface area contributed by atoms with Gasteiger partial charge in [0.25, 0.3) is 0 Å². The fourth-order valence-corrected chi connectivity index (χ4v) is 4.23. The van der Waals surface area contributed by atoms with Gasteiger partial charge in [-0.2, -0.15) is 0 Å². The van der Waals surface area contributed by atoms with Gasteiger partial charge < -0.3 is 18.9 Å². The number of ether oxygens (including phenoxy) is 2. The Balaban J connectivity index is 1.30. The molecule has 144 valence electrons. The smallest absolute Gasteiger partial charge is 0.224 e. The predicted octanol–water partition coefficient (Wildman–Crippen LogP) is 3.56. The maximum Gasteiger partial charge on any atom is 0.224 e. The summed E-state index contributed by atoms with van der Waals surface area (Å²) in [6.07, 6.45) is 4.31. The number of aromatic nitrogens is 2. The molecule has 3 aromatic rings. The molecule has 28 heavy (non-hydrogen) atoms. The van der Waals surface area contributed by atoms with E-state index < -0.39 is 0 Å². The van der Waals surface area contributed by atoms with Gasteiger partial charge in [-0.25, -0.2) is 4.98 Å². The fraction of sp³-hybridized carbons (Fsp3) is 0.364. The van der Waals surface area contributed by atoms with E-state index in [-0.39, 0.29) is 11.9 Å². The second-order valence-corrected chi connectivity index (χ2v) is 7.32. The number of likely N-dealkylation sites (tertiary alicyclic amines) is 1. The largest absolute Gasteiger partial charge is 0.486 e. The molecule has 0 aliphatic carbocycles. The first-order valence-electron chi connectivity index (χ1n) is 9.88. The molecule has 6 heteroatoms. The SMILES string of the molecule is O=C(CCn1cnc2ccccc21)N1CCC[C@@H]1c1ccc2c(c1)OCCO2. The molecule has 0 bridgehead atoms.